The highest BCUT2D eigenvalue weighted by molar-refractivity contribution is 5.29. The Kier molecular flexibility index (Phi) is 5.36. The van der Waals surface area contributed by atoms with E-state index in [0.717, 1.165) is 13.1 Å². The molecule has 2 heteroatoms. The second-order valence-corrected chi connectivity index (χ2v) is 6.24. The lowest BCUT2D eigenvalue weighted by Gasteiger charge is -2.23. The molecule has 102 valence electrons. The number of rotatable bonds is 5. The maximum Gasteiger partial charge on any atom is 0.0424 e. The molecular weight excluding hydrogens is 220 g/mol. The third-order valence-corrected chi connectivity index (χ3v) is 3.32. The van der Waals surface area contributed by atoms with Gasteiger partial charge in [0, 0.05) is 12.6 Å². The van der Waals surface area contributed by atoms with E-state index in [1.807, 2.05) is 0 Å². The van der Waals surface area contributed by atoms with Gasteiger partial charge in [0.25, 0.3) is 0 Å². The summed E-state index contributed by atoms with van der Waals surface area (Å²) < 4.78 is 0. The van der Waals surface area contributed by atoms with Gasteiger partial charge in [0.05, 0.1) is 0 Å². The summed E-state index contributed by atoms with van der Waals surface area (Å²) in [6.45, 7) is 10.9. The lowest BCUT2D eigenvalue weighted by molar-refractivity contribution is 0.313. The molecule has 0 aliphatic heterocycles. The predicted octanol–water partition coefficient (Wildman–Crippen LogP) is 3.33. The van der Waals surface area contributed by atoms with Gasteiger partial charge in [0.2, 0.25) is 0 Å². The first-order valence-corrected chi connectivity index (χ1v) is 6.89. The molecule has 0 saturated carbocycles. The van der Waals surface area contributed by atoms with Crippen molar-refractivity contribution in [1.29, 1.82) is 0 Å². The average Bonchev–Trinajstić information content (AvgIpc) is 2.28. The molecule has 0 aliphatic carbocycles. The van der Waals surface area contributed by atoms with Crippen LogP contribution < -0.4 is 5.73 Å². The van der Waals surface area contributed by atoms with Crippen LogP contribution in [0.2, 0.25) is 0 Å². The van der Waals surface area contributed by atoms with Gasteiger partial charge in [-0.05, 0) is 36.6 Å². The molecule has 0 heterocycles. The fraction of sp³-hybridized carbons (Fsp3) is 0.625. The van der Waals surface area contributed by atoms with Crippen molar-refractivity contribution in [3.05, 3.63) is 35.4 Å². The van der Waals surface area contributed by atoms with Crippen LogP contribution in [0.1, 0.15) is 51.3 Å². The summed E-state index contributed by atoms with van der Waals surface area (Å²) in [5, 5.41) is 0. The van der Waals surface area contributed by atoms with Crippen molar-refractivity contribution in [2.75, 3.05) is 20.1 Å². The van der Waals surface area contributed by atoms with E-state index in [0.29, 0.717) is 0 Å². The normalized spacial score (nSPS) is 13.9. The smallest absolute Gasteiger partial charge is 0.0424 e. The van der Waals surface area contributed by atoms with E-state index in [2.05, 4.69) is 63.9 Å². The Hall–Kier alpha value is -0.860. The van der Waals surface area contributed by atoms with Crippen molar-refractivity contribution >= 4 is 0 Å². The highest BCUT2D eigenvalue weighted by Crippen LogP contribution is 2.23. The third kappa shape index (κ3) is 4.43. The fourth-order valence-corrected chi connectivity index (χ4v) is 2.14. The molecule has 1 aromatic rings. The van der Waals surface area contributed by atoms with Gasteiger partial charge in [0.1, 0.15) is 0 Å². The molecule has 0 bridgehead atoms. The zero-order valence-corrected chi connectivity index (χ0v) is 12.5. The van der Waals surface area contributed by atoms with Gasteiger partial charge in [0.15, 0.2) is 0 Å². The Balaban J connectivity index is 2.67. The van der Waals surface area contributed by atoms with Crippen LogP contribution in [0.3, 0.4) is 0 Å². The third-order valence-electron chi connectivity index (χ3n) is 3.32. The molecule has 0 radical (unpaired) electrons. The van der Waals surface area contributed by atoms with Gasteiger partial charge in [-0.1, -0.05) is 52.0 Å². The van der Waals surface area contributed by atoms with Crippen molar-refractivity contribution in [1.82, 2.24) is 4.90 Å². The van der Waals surface area contributed by atoms with Crippen molar-refractivity contribution in [2.45, 2.75) is 45.6 Å². The topological polar surface area (TPSA) is 29.3 Å². The molecule has 0 aliphatic rings. The molecule has 1 atom stereocenters. The van der Waals surface area contributed by atoms with E-state index in [-0.39, 0.29) is 11.5 Å². The summed E-state index contributed by atoms with van der Waals surface area (Å²) in [4.78, 5) is 2.29. The van der Waals surface area contributed by atoms with E-state index in [1.54, 1.807) is 0 Å². The van der Waals surface area contributed by atoms with Crippen molar-refractivity contribution in [3.8, 4) is 0 Å². The fourth-order valence-electron chi connectivity index (χ4n) is 2.14. The predicted molar refractivity (Wildman–Crippen MR) is 79.9 cm³/mol. The molecule has 1 aromatic carbocycles. The summed E-state index contributed by atoms with van der Waals surface area (Å²) in [6, 6.07) is 8.86. The molecule has 1 unspecified atom stereocenters. The Morgan fingerprint density at radius 3 is 2.17 bits per heavy atom. The summed E-state index contributed by atoms with van der Waals surface area (Å²) >= 11 is 0. The van der Waals surface area contributed by atoms with Crippen LogP contribution in [0.5, 0.6) is 0 Å². The number of hydrogen-bond acceptors (Lipinski definition) is 2. The van der Waals surface area contributed by atoms with Crippen molar-refractivity contribution < 1.29 is 0 Å². The van der Waals surface area contributed by atoms with Crippen LogP contribution in [-0.2, 0) is 5.41 Å². The van der Waals surface area contributed by atoms with Gasteiger partial charge in [-0.25, -0.2) is 0 Å². The quantitative estimate of drug-likeness (QED) is 0.866. The molecular formula is C16H28N2. The van der Waals surface area contributed by atoms with E-state index in [1.165, 1.54) is 17.5 Å². The van der Waals surface area contributed by atoms with Crippen molar-refractivity contribution in [2.24, 2.45) is 5.73 Å². The second kappa shape index (κ2) is 6.35. The van der Waals surface area contributed by atoms with E-state index >= 15 is 0 Å². The van der Waals surface area contributed by atoms with Gasteiger partial charge in [-0.2, -0.15) is 0 Å². The molecule has 0 amide bonds. The van der Waals surface area contributed by atoms with E-state index in [4.69, 9.17) is 5.73 Å². The van der Waals surface area contributed by atoms with Gasteiger partial charge in [-0.15, -0.1) is 0 Å². The monoisotopic (exact) mass is 248 g/mol. The van der Waals surface area contributed by atoms with Crippen LogP contribution in [0.25, 0.3) is 0 Å². The summed E-state index contributed by atoms with van der Waals surface area (Å²) in [5.74, 6) is 0. The highest BCUT2D eigenvalue weighted by Gasteiger charge is 2.14. The van der Waals surface area contributed by atoms with Crippen LogP contribution in [-0.4, -0.2) is 25.0 Å². The maximum absolute atomic E-state index is 6.24. The van der Waals surface area contributed by atoms with Gasteiger partial charge >= 0.3 is 0 Å². The molecule has 2 nitrogen and oxygen atoms in total. The number of benzene rings is 1. The zero-order chi connectivity index (χ0) is 13.8. The minimum Gasteiger partial charge on any atom is -0.323 e. The molecule has 0 saturated heterocycles. The molecule has 0 aromatic heterocycles. The molecule has 0 spiro atoms. The van der Waals surface area contributed by atoms with Crippen LogP contribution >= 0.6 is 0 Å². The summed E-state index contributed by atoms with van der Waals surface area (Å²) in [7, 11) is 2.13. The Labute approximate surface area is 112 Å². The van der Waals surface area contributed by atoms with Gasteiger partial charge < -0.3 is 10.6 Å². The van der Waals surface area contributed by atoms with E-state index in [9.17, 15) is 0 Å². The standard InChI is InChI=1S/C16H28N2/c1-6-11-18(5)12-15(17)13-7-9-14(10-8-13)16(2,3)4/h7-10,15H,6,11-12,17H2,1-5H3. The average molecular weight is 248 g/mol. The molecule has 18 heavy (non-hydrogen) atoms. The lowest BCUT2D eigenvalue weighted by Crippen LogP contribution is -2.29. The highest BCUT2D eigenvalue weighted by atomic mass is 15.1. The van der Waals surface area contributed by atoms with E-state index < -0.39 is 0 Å². The van der Waals surface area contributed by atoms with Crippen LogP contribution in [0, 0.1) is 0 Å². The maximum atomic E-state index is 6.24. The SMILES string of the molecule is CCCN(C)CC(N)c1ccc(C(C)(C)C)cc1. The minimum absolute atomic E-state index is 0.107. The first-order chi connectivity index (χ1) is 8.34. The number of nitrogens with zero attached hydrogens (tertiary/aromatic N) is 1. The first-order valence-electron chi connectivity index (χ1n) is 6.89. The van der Waals surface area contributed by atoms with Crippen LogP contribution in [0.4, 0.5) is 0 Å². The number of nitrogens with two attached hydrogens (primary N) is 1. The molecule has 0 fully saturated rings. The zero-order valence-electron chi connectivity index (χ0n) is 12.5. The number of hydrogen-bond donors (Lipinski definition) is 1. The largest absolute Gasteiger partial charge is 0.323 e. The lowest BCUT2D eigenvalue weighted by atomic mass is 9.86. The number of likely N-dealkylation sites (N-methyl/N-ethyl adjacent to an activating group) is 1. The molecule has 2 N–H and O–H groups in total. The first kappa shape index (κ1) is 15.2. The Bertz CT molecular complexity index is 348. The van der Waals surface area contributed by atoms with Gasteiger partial charge in [-0.3, -0.25) is 0 Å². The minimum atomic E-state index is 0.107. The Morgan fingerprint density at radius 1 is 1.17 bits per heavy atom. The Morgan fingerprint density at radius 2 is 1.72 bits per heavy atom. The van der Waals surface area contributed by atoms with Crippen LogP contribution in [0.15, 0.2) is 24.3 Å². The summed E-state index contributed by atoms with van der Waals surface area (Å²) in [6.07, 6.45) is 1.17. The second-order valence-electron chi connectivity index (χ2n) is 6.24. The summed E-state index contributed by atoms with van der Waals surface area (Å²) in [5.41, 5.74) is 9.04. The van der Waals surface area contributed by atoms with Crippen molar-refractivity contribution in [3.63, 3.8) is 0 Å². The molecule has 1 rings (SSSR count).